The maximum Gasteiger partial charge on any atom is 0.460 e. The Hall–Kier alpha value is -6.36. The number of ether oxygens (including phenoxy) is 11. The van der Waals surface area contributed by atoms with E-state index in [2.05, 4.69) is 18.9 Å². The molecule has 2 saturated heterocycles. The summed E-state index contributed by atoms with van der Waals surface area (Å²) in [5.74, 6) is -347. The molecule has 2 aliphatic heterocycles. The first kappa shape index (κ1) is 130. The minimum Gasteiger partial charge on any atom is -0.457 e. The molecule has 0 radical (unpaired) electrons. The zero-order valence-electron chi connectivity index (χ0n) is 64.2. The van der Waals surface area contributed by atoms with Crippen molar-refractivity contribution in [3.05, 3.63) is 0 Å². The van der Waals surface area contributed by atoms with E-state index in [0.717, 1.165) is 6.92 Å². The number of hydrogen-bond acceptors (Lipinski definition) is 14. The first-order valence-corrected chi connectivity index (χ1v) is 33.4. The van der Waals surface area contributed by atoms with Crippen LogP contribution in [0.3, 0.4) is 0 Å². The Balaban J connectivity index is 3.01. The van der Waals surface area contributed by atoms with Gasteiger partial charge in [-0.2, -0.15) is 307 Å². The van der Waals surface area contributed by atoms with Gasteiger partial charge in [0.25, 0.3) is 5.97 Å². The van der Waals surface area contributed by atoms with Gasteiger partial charge in [-0.15, -0.1) is 0 Å². The zero-order chi connectivity index (χ0) is 113. The highest BCUT2D eigenvalue weighted by molar-refractivity contribution is 5.80. The number of esters is 2. The summed E-state index contributed by atoms with van der Waals surface area (Å²) < 4.78 is 1050. The molecule has 0 aliphatic carbocycles. The molecule has 14 nitrogen and oxygen atoms in total. The van der Waals surface area contributed by atoms with Gasteiger partial charge >= 0.3 is 220 Å². The molecule has 0 bridgehead atoms. The van der Waals surface area contributed by atoms with Crippen LogP contribution in [-0.4, -0.2) is 324 Å². The predicted molar refractivity (Wildman–Crippen MR) is 286 cm³/mol. The van der Waals surface area contributed by atoms with Crippen LogP contribution in [0.2, 0.25) is 0 Å². The van der Waals surface area contributed by atoms with Crippen LogP contribution in [0.15, 0.2) is 0 Å². The minimum atomic E-state index is -10.9. The van der Waals surface area contributed by atoms with Crippen LogP contribution in [0.4, 0.5) is 307 Å². The molecule has 0 amide bonds. The normalized spacial score (nSPS) is 20.8. The summed E-state index contributed by atoms with van der Waals surface area (Å²) in [5.41, 5.74) is -2.12. The summed E-state index contributed by atoms with van der Waals surface area (Å²) in [4.78, 5) is 25.0. The van der Waals surface area contributed by atoms with Crippen LogP contribution in [-0.2, 0) is 61.7 Å². The lowest BCUT2D eigenvalue weighted by Crippen LogP contribution is -2.80. The van der Waals surface area contributed by atoms with Gasteiger partial charge in [-0.05, 0) is 6.42 Å². The summed E-state index contributed by atoms with van der Waals surface area (Å²) in [6.07, 6.45) is -26.9. The Morgan fingerprint density at radius 1 is 0.264 bits per heavy atom. The lowest BCUT2D eigenvalue weighted by Gasteiger charge is -2.49. The van der Waals surface area contributed by atoms with E-state index in [1.54, 1.807) is 0 Å². The van der Waals surface area contributed by atoms with E-state index < -0.39 is 297 Å². The Morgan fingerprint density at radius 2 is 0.464 bits per heavy atom. The molecule has 1 unspecified atom stereocenters. The fraction of sp³-hybridized carbons (Fsp3) is 0.964. The molecule has 2 aliphatic rings. The van der Waals surface area contributed by atoms with E-state index in [9.17, 15) is 273 Å². The molecule has 1 spiro atoms. The summed E-state index contributed by atoms with van der Waals surface area (Å²) in [5, 5.41) is 8.74. The van der Waals surface area contributed by atoms with Gasteiger partial charge in [0.15, 0.2) is 6.10 Å². The molecular weight excluding hydrogens is 2230 g/mol. The van der Waals surface area contributed by atoms with Gasteiger partial charge in [0, 0.05) is 26.7 Å². The van der Waals surface area contributed by atoms with Gasteiger partial charge in [-0.3, -0.25) is 4.74 Å². The Morgan fingerprint density at radius 3 is 0.679 bits per heavy atom. The summed E-state index contributed by atoms with van der Waals surface area (Å²) in [6.45, 7) is -13.0. The van der Waals surface area contributed by atoms with E-state index in [-0.39, 0.29) is 40.0 Å². The van der Waals surface area contributed by atoms with Gasteiger partial charge in [-0.25, -0.2) is 9.59 Å². The Bertz CT molecular complexity index is 4220. The SMILES string of the molecule is CCC1(OCCOCCOCCCO)OCC2(CO1)COC(OC)(OCC(COC(=O)C(F)(F)C(F)(F)C(F)(F)C(F)(F)C(F)(F)C(F)(F)C(F)(F)C(F)(F)C(F)(F)C(F)(F)C(F)(F)C(F)(F)C(F)(F)C(F)(F)C(F)(F)C(F)(F)C(F)(F)F)OC(=O)C(F)(F)C(F)(F)C(F)(F)C(F)(F)C(F)(F)C(F)(F)C(F)(F)C(F)(F)C(F)(F)C(F)(F)C(F)(F)C(F)(F)C(F)(F)C(F)(F)C(F)(F)C(F)(F)C(F)(F)F)OC2. The number of carbonyl (C=O) groups excluding carboxylic acids is 2. The molecule has 0 aromatic carbocycles. The topological polar surface area (TPSA) is 156 Å². The highest BCUT2D eigenvalue weighted by atomic mass is 19.5. The fourth-order valence-corrected chi connectivity index (χ4v) is 9.67. The quantitative estimate of drug-likeness (QED) is 0.0266. The number of aliphatic hydroxyl groups is 1. The van der Waals surface area contributed by atoms with Gasteiger partial charge in [0.2, 0.25) is 0 Å². The standard InChI is InChI=1S/C56H36F70O14/c1-3-21(134-10-9-132-8-7-131-6-4-5-127)136-13-20(14-137-21)15-138-56(130-2,139-16-20)135-12-17(140-19(129)23(59,60)25(63,64)27(67,68)29(71,72)31(75,76)33(79,80)35(83,84)37(87,88)39(91,92)41(95,96)43(99,100)45(103,104)47(107,108)49(111,112)51(115,116)53(119,120)55(124,125)126)11-133-18(128)22(57,58)24(61,62)26(65,66)28(69,70)30(73,74)32(77,78)34(81,82)36(85,86)38(89,90)40(93,94)42(97,98)44(101,102)46(105,106)48(109,110)50(113,114)52(117,118)54(121,122)123/h17,127H,3-16H2,1-2H3. The van der Waals surface area contributed by atoms with Crippen molar-refractivity contribution >= 4 is 11.9 Å². The van der Waals surface area contributed by atoms with Crippen molar-refractivity contribution in [1.82, 2.24) is 0 Å². The molecule has 0 aromatic heterocycles. The minimum absolute atomic E-state index is 0.0167. The Labute approximate surface area is 718 Å². The number of halogens is 70. The van der Waals surface area contributed by atoms with Gasteiger partial charge in [-0.1, -0.05) is 6.92 Å². The third kappa shape index (κ3) is 17.9. The molecule has 0 saturated carbocycles. The number of rotatable bonds is 50. The van der Waals surface area contributed by atoms with Crippen molar-refractivity contribution in [3.8, 4) is 0 Å². The third-order valence-corrected chi connectivity index (χ3v) is 18.5. The summed E-state index contributed by atoms with van der Waals surface area (Å²) >= 11 is 0. The monoisotopic (exact) mass is 2260 g/mol. The molecule has 0 aromatic rings. The third-order valence-electron chi connectivity index (χ3n) is 18.5. The van der Waals surface area contributed by atoms with Gasteiger partial charge in [0.1, 0.15) is 6.61 Å². The van der Waals surface area contributed by atoms with Gasteiger partial charge in [0.05, 0.1) is 64.9 Å². The van der Waals surface area contributed by atoms with Crippen molar-refractivity contribution in [3.63, 3.8) is 0 Å². The van der Waals surface area contributed by atoms with Crippen LogP contribution >= 0.6 is 0 Å². The van der Waals surface area contributed by atoms with Crippen LogP contribution in [0.25, 0.3) is 0 Å². The van der Waals surface area contributed by atoms with E-state index in [0.29, 0.717) is 0 Å². The van der Waals surface area contributed by atoms with Crippen molar-refractivity contribution in [1.29, 1.82) is 0 Å². The number of carbonyl (C=O) groups is 2. The molecule has 140 heavy (non-hydrogen) atoms. The predicted octanol–water partition coefficient (Wildman–Crippen LogP) is 21.7. The van der Waals surface area contributed by atoms with Crippen molar-refractivity contribution < 1.29 is 374 Å². The highest BCUT2D eigenvalue weighted by Crippen LogP contribution is 2.75. The molecular formula is C56H36F70O14. The second-order valence-electron chi connectivity index (χ2n) is 27.9. The summed E-state index contributed by atoms with van der Waals surface area (Å²) in [7, 11) is -0.0774. The maximum atomic E-state index is 15.4. The first-order valence-electron chi connectivity index (χ1n) is 33.4. The number of alkyl halides is 70. The summed E-state index contributed by atoms with van der Waals surface area (Å²) in [6, 6.07) is 0. The van der Waals surface area contributed by atoms with Crippen LogP contribution in [0.1, 0.15) is 19.8 Å². The smallest absolute Gasteiger partial charge is 0.457 e. The second-order valence-corrected chi connectivity index (χ2v) is 27.9. The molecule has 1 atom stereocenters. The highest BCUT2D eigenvalue weighted by Gasteiger charge is 3.06. The molecule has 84 heteroatoms. The Kier molecular flexibility index (Phi) is 34.2. The average molecular weight is 2260 g/mol. The van der Waals surface area contributed by atoms with E-state index >= 15 is 43.9 Å². The number of methoxy groups -OCH3 is 1. The lowest BCUT2D eigenvalue weighted by molar-refractivity contribution is -0.533. The largest absolute Gasteiger partial charge is 0.460 e. The molecule has 2 rings (SSSR count). The van der Waals surface area contributed by atoms with E-state index in [1.165, 1.54) is 0 Å². The number of aliphatic hydroxyl groups excluding tert-OH is 1. The van der Waals surface area contributed by atoms with Crippen molar-refractivity contribution in [2.45, 2.75) is 240 Å². The number of hydrogen-bond donors (Lipinski definition) is 1. The maximum absolute atomic E-state index is 15.4. The second kappa shape index (κ2) is 36.9. The van der Waals surface area contributed by atoms with Crippen molar-refractivity contribution in [2.24, 2.45) is 5.41 Å². The van der Waals surface area contributed by atoms with Crippen LogP contribution in [0.5, 0.6) is 0 Å². The average Bonchev–Trinajstić information content (AvgIpc) is 0.669. The van der Waals surface area contributed by atoms with Crippen LogP contribution in [0, 0.1) is 5.41 Å². The fourth-order valence-electron chi connectivity index (χ4n) is 9.67. The molecule has 2 heterocycles. The van der Waals surface area contributed by atoms with E-state index in [4.69, 9.17) is 38.3 Å². The molecule has 834 valence electrons. The molecule has 2 fully saturated rings. The lowest BCUT2D eigenvalue weighted by atomic mass is 9.82. The van der Waals surface area contributed by atoms with E-state index in [1.807, 2.05) is 0 Å². The first-order chi connectivity index (χ1) is 60.6. The van der Waals surface area contributed by atoms with Gasteiger partial charge < -0.3 is 52.5 Å². The zero-order valence-corrected chi connectivity index (χ0v) is 64.2. The van der Waals surface area contributed by atoms with Crippen molar-refractivity contribution in [2.75, 3.05) is 86.4 Å². The van der Waals surface area contributed by atoms with Crippen LogP contribution < -0.4 is 0 Å². The molecule has 1 N–H and O–H groups in total.